The summed E-state index contributed by atoms with van der Waals surface area (Å²) in [6.07, 6.45) is 3.02. The van der Waals surface area contributed by atoms with Crippen molar-refractivity contribution in [3.63, 3.8) is 0 Å². The summed E-state index contributed by atoms with van der Waals surface area (Å²) in [5.74, 6) is 1.58. The molecule has 2 aliphatic rings. The lowest BCUT2D eigenvalue weighted by atomic mass is 9.84. The molecule has 0 aromatic rings. The van der Waals surface area contributed by atoms with Crippen LogP contribution in [-0.2, 0) is 9.59 Å². The first-order valence-corrected chi connectivity index (χ1v) is 10.0. The Kier molecular flexibility index (Phi) is 13.3. The van der Waals surface area contributed by atoms with Crippen LogP contribution in [0.1, 0.15) is 40.0 Å². The second kappa shape index (κ2) is 13.6. The van der Waals surface area contributed by atoms with Crippen molar-refractivity contribution in [1.82, 2.24) is 20.0 Å². The molecule has 0 aliphatic carbocycles. The molecule has 2 saturated heterocycles. The van der Waals surface area contributed by atoms with Gasteiger partial charge in [-0.15, -0.1) is 24.8 Å². The van der Waals surface area contributed by atoms with Gasteiger partial charge in [-0.3, -0.25) is 14.5 Å². The number of rotatable bonds is 7. The molecular formula is C19H38Cl2N4O2. The van der Waals surface area contributed by atoms with Gasteiger partial charge in [0.2, 0.25) is 11.8 Å². The van der Waals surface area contributed by atoms with Crippen molar-refractivity contribution in [1.29, 1.82) is 0 Å². The maximum Gasteiger partial charge on any atom is 0.236 e. The minimum Gasteiger partial charge on any atom is -0.339 e. The van der Waals surface area contributed by atoms with Gasteiger partial charge in [0.05, 0.1) is 6.54 Å². The number of piperidine rings is 1. The Morgan fingerprint density at radius 3 is 1.93 bits per heavy atom. The minimum absolute atomic E-state index is 0. The molecule has 0 aromatic heterocycles. The average molecular weight is 425 g/mol. The standard InChI is InChI=1S/C19H36N4O2.2ClH/c1-4-21(5-2)15-19(25)23-12-10-22(11-13-23)18(24)14-16(3)17-6-8-20-9-7-17;;/h16-17,20H,4-15H2,1-3H3;2*1H. The number of amides is 2. The zero-order valence-electron chi connectivity index (χ0n) is 17.1. The number of carbonyl (C=O) groups is 2. The van der Waals surface area contributed by atoms with Crippen LogP contribution in [-0.4, -0.2) is 85.4 Å². The Morgan fingerprint density at radius 2 is 1.44 bits per heavy atom. The summed E-state index contributed by atoms with van der Waals surface area (Å²) in [5.41, 5.74) is 0. The van der Waals surface area contributed by atoms with Gasteiger partial charge in [-0.1, -0.05) is 20.8 Å². The van der Waals surface area contributed by atoms with Gasteiger partial charge >= 0.3 is 0 Å². The van der Waals surface area contributed by atoms with Crippen LogP contribution in [0.4, 0.5) is 0 Å². The summed E-state index contributed by atoms with van der Waals surface area (Å²) in [4.78, 5) is 31.0. The molecule has 1 atom stereocenters. The highest BCUT2D eigenvalue weighted by Crippen LogP contribution is 2.25. The maximum absolute atomic E-state index is 12.6. The van der Waals surface area contributed by atoms with E-state index in [1.807, 2.05) is 9.80 Å². The van der Waals surface area contributed by atoms with Crippen molar-refractivity contribution in [2.24, 2.45) is 11.8 Å². The summed E-state index contributed by atoms with van der Waals surface area (Å²) in [7, 11) is 0. The lowest BCUT2D eigenvalue weighted by Gasteiger charge is -2.37. The molecule has 0 saturated carbocycles. The molecule has 0 spiro atoms. The second-order valence-electron chi connectivity index (χ2n) is 7.49. The third-order valence-electron chi connectivity index (χ3n) is 5.92. The predicted octanol–water partition coefficient (Wildman–Crippen LogP) is 1.87. The highest BCUT2D eigenvalue weighted by atomic mass is 35.5. The first-order valence-electron chi connectivity index (χ1n) is 10.0. The second-order valence-corrected chi connectivity index (χ2v) is 7.49. The van der Waals surface area contributed by atoms with Crippen LogP contribution < -0.4 is 5.32 Å². The average Bonchev–Trinajstić information content (AvgIpc) is 2.66. The van der Waals surface area contributed by atoms with Crippen LogP contribution in [0, 0.1) is 11.8 Å². The van der Waals surface area contributed by atoms with Crippen molar-refractivity contribution in [2.75, 3.05) is 58.9 Å². The fraction of sp³-hybridized carbons (Fsp3) is 0.895. The third-order valence-corrected chi connectivity index (χ3v) is 5.92. The van der Waals surface area contributed by atoms with E-state index in [1.54, 1.807) is 0 Å². The largest absolute Gasteiger partial charge is 0.339 e. The van der Waals surface area contributed by atoms with Gasteiger partial charge in [0.15, 0.2) is 0 Å². The summed E-state index contributed by atoms with van der Waals surface area (Å²) in [5, 5.41) is 3.39. The van der Waals surface area contributed by atoms with E-state index >= 15 is 0 Å². The smallest absolute Gasteiger partial charge is 0.236 e. The fourth-order valence-corrected chi connectivity index (χ4v) is 3.93. The van der Waals surface area contributed by atoms with Gasteiger partial charge in [0.1, 0.15) is 0 Å². The van der Waals surface area contributed by atoms with Crippen LogP contribution in [0.25, 0.3) is 0 Å². The van der Waals surface area contributed by atoms with Gasteiger partial charge in [-0.2, -0.15) is 0 Å². The molecule has 1 unspecified atom stereocenters. The third kappa shape index (κ3) is 8.14. The van der Waals surface area contributed by atoms with E-state index in [0.717, 1.165) is 26.2 Å². The quantitative estimate of drug-likeness (QED) is 0.677. The summed E-state index contributed by atoms with van der Waals surface area (Å²) >= 11 is 0. The number of nitrogens with zero attached hydrogens (tertiary/aromatic N) is 3. The van der Waals surface area contributed by atoms with Crippen molar-refractivity contribution in [2.45, 2.75) is 40.0 Å². The number of carbonyl (C=O) groups excluding carboxylic acids is 2. The van der Waals surface area contributed by atoms with E-state index < -0.39 is 0 Å². The lowest BCUT2D eigenvalue weighted by molar-refractivity contribution is -0.140. The molecule has 8 heteroatoms. The van der Waals surface area contributed by atoms with Gasteiger partial charge in [0.25, 0.3) is 0 Å². The molecule has 2 amide bonds. The van der Waals surface area contributed by atoms with E-state index in [0.29, 0.717) is 51.0 Å². The highest BCUT2D eigenvalue weighted by molar-refractivity contribution is 5.85. The van der Waals surface area contributed by atoms with Gasteiger partial charge in [-0.05, 0) is 50.9 Å². The van der Waals surface area contributed by atoms with Crippen LogP contribution >= 0.6 is 24.8 Å². The van der Waals surface area contributed by atoms with Crippen molar-refractivity contribution < 1.29 is 9.59 Å². The molecule has 1 N–H and O–H groups in total. The Morgan fingerprint density at radius 1 is 0.963 bits per heavy atom. The Labute approximate surface area is 177 Å². The van der Waals surface area contributed by atoms with Crippen molar-refractivity contribution >= 4 is 36.6 Å². The Bertz CT molecular complexity index is 435. The summed E-state index contributed by atoms with van der Waals surface area (Å²) in [6, 6.07) is 0. The van der Waals surface area contributed by atoms with Crippen LogP contribution in [0.15, 0.2) is 0 Å². The lowest BCUT2D eigenvalue weighted by Crippen LogP contribution is -2.52. The zero-order chi connectivity index (χ0) is 18.2. The number of piperazine rings is 1. The summed E-state index contributed by atoms with van der Waals surface area (Å²) < 4.78 is 0. The fourth-order valence-electron chi connectivity index (χ4n) is 3.93. The van der Waals surface area contributed by atoms with Gasteiger partial charge < -0.3 is 15.1 Å². The topological polar surface area (TPSA) is 55.9 Å². The van der Waals surface area contributed by atoms with E-state index in [2.05, 4.69) is 31.0 Å². The maximum atomic E-state index is 12.6. The van der Waals surface area contributed by atoms with Crippen LogP contribution in [0.2, 0.25) is 0 Å². The monoisotopic (exact) mass is 424 g/mol. The number of hydrogen-bond donors (Lipinski definition) is 1. The number of halogens is 2. The van der Waals surface area contributed by atoms with Crippen molar-refractivity contribution in [3.05, 3.63) is 0 Å². The van der Waals surface area contributed by atoms with E-state index in [9.17, 15) is 9.59 Å². The van der Waals surface area contributed by atoms with E-state index in [1.165, 1.54) is 12.8 Å². The molecule has 6 nitrogen and oxygen atoms in total. The zero-order valence-corrected chi connectivity index (χ0v) is 18.7. The van der Waals surface area contributed by atoms with Crippen LogP contribution in [0.3, 0.4) is 0 Å². The van der Waals surface area contributed by atoms with Gasteiger partial charge in [0, 0.05) is 32.6 Å². The molecule has 0 bridgehead atoms. The normalized spacial score (nSPS) is 19.3. The Balaban J connectivity index is 0.00000338. The first-order chi connectivity index (χ1) is 12.0. The molecule has 0 aromatic carbocycles. The molecule has 2 rings (SSSR count). The predicted molar refractivity (Wildman–Crippen MR) is 115 cm³/mol. The molecule has 2 aliphatic heterocycles. The number of nitrogens with one attached hydrogen (secondary N) is 1. The molecular weight excluding hydrogens is 387 g/mol. The van der Waals surface area contributed by atoms with Gasteiger partial charge in [-0.25, -0.2) is 0 Å². The van der Waals surface area contributed by atoms with E-state index in [4.69, 9.17) is 0 Å². The van der Waals surface area contributed by atoms with Crippen LogP contribution in [0.5, 0.6) is 0 Å². The molecule has 0 radical (unpaired) electrons. The Hall–Kier alpha value is -0.560. The number of likely N-dealkylation sites (N-methyl/N-ethyl adjacent to an activating group) is 1. The molecule has 2 fully saturated rings. The van der Waals surface area contributed by atoms with E-state index in [-0.39, 0.29) is 36.6 Å². The molecule has 27 heavy (non-hydrogen) atoms. The minimum atomic E-state index is 0. The molecule has 160 valence electrons. The summed E-state index contributed by atoms with van der Waals surface area (Å²) in [6.45, 7) is 13.5. The first kappa shape index (κ1) is 26.4. The molecule has 2 heterocycles. The number of hydrogen-bond acceptors (Lipinski definition) is 4. The van der Waals surface area contributed by atoms with Crippen molar-refractivity contribution in [3.8, 4) is 0 Å². The SMILES string of the molecule is CCN(CC)CC(=O)N1CCN(C(=O)CC(C)C2CCNCC2)CC1.Cl.Cl. The highest BCUT2D eigenvalue weighted by Gasteiger charge is 2.27.